The molecule has 1 rings (SSSR count). The number of nitrogens with zero attached hydrogens (tertiary/aromatic N) is 3. The summed E-state index contributed by atoms with van der Waals surface area (Å²) >= 11 is 0. The van der Waals surface area contributed by atoms with E-state index in [4.69, 9.17) is 11.5 Å². The van der Waals surface area contributed by atoms with Crippen LogP contribution < -0.4 is 16.8 Å². The van der Waals surface area contributed by atoms with E-state index < -0.39 is 11.9 Å². The van der Waals surface area contributed by atoms with Gasteiger partial charge in [0.05, 0.1) is 12.6 Å². The van der Waals surface area contributed by atoms with Crippen LogP contribution in [0.4, 0.5) is 0 Å². The number of aryl methyl sites for hydroxylation is 1. The van der Waals surface area contributed by atoms with Gasteiger partial charge in [-0.25, -0.2) is 0 Å². The van der Waals surface area contributed by atoms with Crippen LogP contribution in [0.5, 0.6) is 0 Å². The summed E-state index contributed by atoms with van der Waals surface area (Å²) in [7, 11) is 0. The molecule has 0 bridgehead atoms. The van der Waals surface area contributed by atoms with Crippen LogP contribution in [0.1, 0.15) is 12.7 Å². The van der Waals surface area contributed by atoms with Crippen molar-refractivity contribution in [2.45, 2.75) is 26.1 Å². The number of nitrogens with two attached hydrogens (primary N) is 2. The van der Waals surface area contributed by atoms with Crippen molar-refractivity contribution < 1.29 is 4.79 Å². The Balaban J connectivity index is 2.34. The minimum atomic E-state index is -0.664. The van der Waals surface area contributed by atoms with Gasteiger partial charge in [-0.1, -0.05) is 0 Å². The van der Waals surface area contributed by atoms with Crippen molar-refractivity contribution in [2.75, 3.05) is 6.54 Å². The number of aromatic nitrogens is 3. The molecule has 0 radical (unpaired) electrons. The number of carbonyl (C=O) groups is 1. The smallest absolute Gasteiger partial charge is 0.235 e. The molecule has 1 atom stereocenters. The largest absolute Gasteiger partial charge is 0.368 e. The highest BCUT2D eigenvalue weighted by Crippen LogP contribution is 1.93. The third-order valence-corrected chi connectivity index (χ3v) is 2.05. The van der Waals surface area contributed by atoms with Crippen molar-refractivity contribution in [3.05, 3.63) is 12.2 Å². The Morgan fingerprint density at radius 2 is 2.47 bits per heavy atom. The third-order valence-electron chi connectivity index (χ3n) is 2.05. The normalized spacial score (nSPS) is 12.7. The number of hydrogen-bond acceptors (Lipinski definition) is 5. The molecule has 1 unspecified atom stereocenters. The van der Waals surface area contributed by atoms with E-state index in [1.54, 1.807) is 6.33 Å². The van der Waals surface area contributed by atoms with E-state index in [0.29, 0.717) is 13.1 Å². The van der Waals surface area contributed by atoms with E-state index >= 15 is 0 Å². The zero-order valence-electron chi connectivity index (χ0n) is 8.68. The molecule has 1 heterocycles. The van der Waals surface area contributed by atoms with Crippen molar-refractivity contribution >= 4 is 5.91 Å². The lowest BCUT2D eigenvalue weighted by Crippen LogP contribution is -2.44. The molecule has 0 saturated heterocycles. The molecule has 7 nitrogen and oxygen atoms in total. The fourth-order valence-electron chi connectivity index (χ4n) is 1.12. The van der Waals surface area contributed by atoms with Gasteiger partial charge in [0.1, 0.15) is 12.2 Å². The van der Waals surface area contributed by atoms with Gasteiger partial charge < -0.3 is 21.4 Å². The molecule has 0 aliphatic rings. The Labute approximate surface area is 87.8 Å². The highest BCUT2D eigenvalue weighted by atomic mass is 16.1. The lowest BCUT2D eigenvalue weighted by atomic mass is 10.3. The Morgan fingerprint density at radius 1 is 1.73 bits per heavy atom. The van der Waals surface area contributed by atoms with Crippen LogP contribution >= 0.6 is 0 Å². The highest BCUT2D eigenvalue weighted by Gasteiger charge is 2.09. The first-order valence-corrected chi connectivity index (χ1v) is 4.77. The first kappa shape index (κ1) is 11.6. The first-order chi connectivity index (χ1) is 7.15. The SMILES string of the molecule is CCn1cnnc1CNCC(N)C(N)=O. The van der Waals surface area contributed by atoms with Crippen molar-refractivity contribution in [1.29, 1.82) is 0 Å². The standard InChI is InChI=1S/C8H16N6O/c1-2-14-5-12-13-7(14)4-11-3-6(9)8(10)15/h5-6,11H,2-4,9H2,1H3,(H2,10,15). The van der Waals surface area contributed by atoms with Gasteiger partial charge in [0.15, 0.2) is 0 Å². The molecule has 0 saturated carbocycles. The summed E-state index contributed by atoms with van der Waals surface area (Å²) in [6.07, 6.45) is 1.66. The summed E-state index contributed by atoms with van der Waals surface area (Å²) in [4.78, 5) is 10.6. The van der Waals surface area contributed by atoms with E-state index in [9.17, 15) is 4.79 Å². The number of nitrogens with one attached hydrogen (secondary N) is 1. The van der Waals surface area contributed by atoms with Crippen molar-refractivity contribution in [3.8, 4) is 0 Å². The average Bonchev–Trinajstić information content (AvgIpc) is 2.65. The second-order valence-corrected chi connectivity index (χ2v) is 3.17. The molecule has 15 heavy (non-hydrogen) atoms. The number of rotatable bonds is 6. The zero-order chi connectivity index (χ0) is 11.3. The van der Waals surface area contributed by atoms with Gasteiger partial charge >= 0.3 is 0 Å². The number of carbonyl (C=O) groups excluding carboxylic acids is 1. The van der Waals surface area contributed by atoms with E-state index in [1.165, 1.54) is 0 Å². The summed E-state index contributed by atoms with van der Waals surface area (Å²) in [6.45, 7) is 3.68. The quantitative estimate of drug-likeness (QED) is 0.515. The predicted octanol–water partition coefficient (Wildman–Crippen LogP) is -1.80. The van der Waals surface area contributed by atoms with E-state index in [0.717, 1.165) is 12.4 Å². The maximum atomic E-state index is 10.6. The van der Waals surface area contributed by atoms with Crippen LogP contribution in [0, 0.1) is 0 Å². The Kier molecular flexibility index (Phi) is 4.19. The van der Waals surface area contributed by atoms with Gasteiger partial charge in [-0.05, 0) is 6.92 Å². The molecule has 0 aliphatic carbocycles. The highest BCUT2D eigenvalue weighted by molar-refractivity contribution is 5.79. The summed E-state index contributed by atoms with van der Waals surface area (Å²) in [5.74, 6) is 0.300. The minimum absolute atomic E-state index is 0.339. The van der Waals surface area contributed by atoms with Gasteiger partial charge in [0.2, 0.25) is 5.91 Å². The van der Waals surface area contributed by atoms with Crippen LogP contribution in [0.3, 0.4) is 0 Å². The number of primary amides is 1. The Bertz CT molecular complexity index is 323. The number of hydrogen-bond donors (Lipinski definition) is 3. The first-order valence-electron chi connectivity index (χ1n) is 4.77. The van der Waals surface area contributed by atoms with Gasteiger partial charge in [-0.3, -0.25) is 4.79 Å². The fraction of sp³-hybridized carbons (Fsp3) is 0.625. The lowest BCUT2D eigenvalue weighted by molar-refractivity contribution is -0.119. The minimum Gasteiger partial charge on any atom is -0.368 e. The van der Waals surface area contributed by atoms with Crippen molar-refractivity contribution in [1.82, 2.24) is 20.1 Å². The number of amides is 1. The summed E-state index contributed by atoms with van der Waals surface area (Å²) in [5.41, 5.74) is 10.5. The fourth-order valence-corrected chi connectivity index (χ4v) is 1.12. The molecule has 0 spiro atoms. The maximum absolute atomic E-state index is 10.6. The maximum Gasteiger partial charge on any atom is 0.235 e. The molecular formula is C8H16N6O. The monoisotopic (exact) mass is 212 g/mol. The van der Waals surface area contributed by atoms with Crippen LogP contribution in [0.2, 0.25) is 0 Å². The van der Waals surface area contributed by atoms with Gasteiger partial charge in [-0.15, -0.1) is 10.2 Å². The summed E-state index contributed by atoms with van der Waals surface area (Å²) in [5, 5.41) is 10.7. The molecule has 0 fully saturated rings. The molecule has 1 amide bonds. The molecule has 7 heteroatoms. The summed E-state index contributed by atoms with van der Waals surface area (Å²) < 4.78 is 1.91. The summed E-state index contributed by atoms with van der Waals surface area (Å²) in [6, 6.07) is -0.664. The average molecular weight is 212 g/mol. The van der Waals surface area contributed by atoms with Crippen LogP contribution in [0.15, 0.2) is 6.33 Å². The van der Waals surface area contributed by atoms with Crippen LogP contribution in [-0.4, -0.2) is 33.3 Å². The molecule has 5 N–H and O–H groups in total. The second-order valence-electron chi connectivity index (χ2n) is 3.17. The Hall–Kier alpha value is -1.47. The van der Waals surface area contributed by atoms with E-state index in [2.05, 4.69) is 15.5 Å². The lowest BCUT2D eigenvalue weighted by Gasteiger charge is -2.08. The Morgan fingerprint density at radius 3 is 3.07 bits per heavy atom. The van der Waals surface area contributed by atoms with Gasteiger partial charge in [-0.2, -0.15) is 0 Å². The van der Waals surface area contributed by atoms with Crippen LogP contribution in [0.25, 0.3) is 0 Å². The molecule has 84 valence electrons. The molecule has 1 aromatic rings. The van der Waals surface area contributed by atoms with E-state index in [-0.39, 0.29) is 0 Å². The topological polar surface area (TPSA) is 112 Å². The predicted molar refractivity (Wildman–Crippen MR) is 54.6 cm³/mol. The van der Waals surface area contributed by atoms with Crippen molar-refractivity contribution in [3.63, 3.8) is 0 Å². The van der Waals surface area contributed by atoms with Gasteiger partial charge in [0, 0.05) is 13.1 Å². The molecular weight excluding hydrogens is 196 g/mol. The zero-order valence-corrected chi connectivity index (χ0v) is 8.68. The van der Waals surface area contributed by atoms with Crippen LogP contribution in [-0.2, 0) is 17.9 Å². The second kappa shape index (κ2) is 5.42. The van der Waals surface area contributed by atoms with Crippen molar-refractivity contribution in [2.24, 2.45) is 11.5 Å². The third kappa shape index (κ3) is 3.30. The van der Waals surface area contributed by atoms with Gasteiger partial charge in [0.25, 0.3) is 0 Å². The molecule has 0 aromatic carbocycles. The van der Waals surface area contributed by atoms with E-state index in [1.807, 2.05) is 11.5 Å². The molecule has 1 aromatic heterocycles. The molecule has 0 aliphatic heterocycles.